The van der Waals surface area contributed by atoms with Gasteiger partial charge in [-0.25, -0.2) is 14.4 Å². The highest BCUT2D eigenvalue weighted by molar-refractivity contribution is 6.36. The van der Waals surface area contributed by atoms with Gasteiger partial charge in [0.1, 0.15) is 6.07 Å². The molecule has 0 unspecified atom stereocenters. The zero-order valence-corrected chi connectivity index (χ0v) is 18.8. The Bertz CT molecular complexity index is 1550. The lowest BCUT2D eigenvalue weighted by Gasteiger charge is -2.22. The number of anilines is 3. The Balaban J connectivity index is 1.61. The molecule has 0 saturated heterocycles. The third-order valence-corrected chi connectivity index (χ3v) is 5.63. The minimum Gasteiger partial charge on any atom is -0.373 e. The van der Waals surface area contributed by atoms with Crippen LogP contribution in [-0.2, 0) is 0 Å². The van der Waals surface area contributed by atoms with Gasteiger partial charge in [-0.1, -0.05) is 17.7 Å². The van der Waals surface area contributed by atoms with Crippen LogP contribution >= 0.6 is 11.6 Å². The van der Waals surface area contributed by atoms with Gasteiger partial charge in [0.25, 0.3) is 0 Å². The molecule has 0 amide bonds. The Morgan fingerprint density at radius 2 is 1.89 bits per heavy atom. The molecule has 13 heteroatoms. The smallest absolute Gasteiger partial charge is 0.249 e. The van der Waals surface area contributed by atoms with E-state index in [1.165, 1.54) is 12.4 Å². The summed E-state index contributed by atoms with van der Waals surface area (Å²) < 4.78 is 41.7. The van der Waals surface area contributed by atoms with E-state index in [2.05, 4.69) is 42.0 Å². The van der Waals surface area contributed by atoms with Gasteiger partial charge in [0.2, 0.25) is 11.9 Å². The van der Waals surface area contributed by atoms with Crippen molar-refractivity contribution < 1.29 is 13.2 Å². The van der Waals surface area contributed by atoms with Crippen LogP contribution in [0, 0.1) is 29.0 Å². The van der Waals surface area contributed by atoms with Gasteiger partial charge in [0.15, 0.2) is 5.82 Å². The SMILES string of the molecule is N#Cc1cnc2c(Cl)cc(N[C@H](C3=CNNN3)c3cccnc3F)cc2c1Nc1cnc(F)c(F)c1. The van der Waals surface area contributed by atoms with Gasteiger partial charge in [-0.3, -0.25) is 4.98 Å². The predicted molar refractivity (Wildman–Crippen MR) is 127 cm³/mol. The van der Waals surface area contributed by atoms with Crippen LogP contribution in [0.3, 0.4) is 0 Å². The van der Waals surface area contributed by atoms with E-state index in [1.54, 1.807) is 30.5 Å². The molecule has 1 aliphatic rings. The van der Waals surface area contributed by atoms with E-state index in [-0.39, 0.29) is 27.5 Å². The minimum absolute atomic E-state index is 0.111. The predicted octanol–water partition coefficient (Wildman–Crippen LogP) is 4.32. The highest BCUT2D eigenvalue weighted by atomic mass is 35.5. The first kappa shape index (κ1) is 23.2. The Hall–Kier alpha value is -4.60. The molecule has 0 fully saturated rings. The summed E-state index contributed by atoms with van der Waals surface area (Å²) in [5.41, 5.74) is 10.5. The Morgan fingerprint density at radius 1 is 1.03 bits per heavy atom. The van der Waals surface area contributed by atoms with E-state index < -0.39 is 23.8 Å². The second kappa shape index (κ2) is 9.57. The van der Waals surface area contributed by atoms with Gasteiger partial charge in [0.05, 0.1) is 45.4 Å². The lowest BCUT2D eigenvalue weighted by atomic mass is 10.0. The molecule has 5 N–H and O–H groups in total. The molecule has 9 nitrogen and oxygen atoms in total. The van der Waals surface area contributed by atoms with Crippen LogP contribution in [0.2, 0.25) is 5.02 Å². The van der Waals surface area contributed by atoms with Gasteiger partial charge in [-0.2, -0.15) is 19.6 Å². The fraction of sp³-hybridized carbons (Fsp3) is 0.0435. The molecular weight excluding hydrogens is 495 g/mol. The molecule has 0 saturated carbocycles. The summed E-state index contributed by atoms with van der Waals surface area (Å²) in [5.74, 6) is -3.07. The molecule has 1 atom stereocenters. The zero-order valence-electron chi connectivity index (χ0n) is 18.1. The summed E-state index contributed by atoms with van der Waals surface area (Å²) in [6.07, 6.45) is 5.37. The van der Waals surface area contributed by atoms with E-state index in [0.29, 0.717) is 22.3 Å². The molecule has 3 aromatic heterocycles. The summed E-state index contributed by atoms with van der Waals surface area (Å²) >= 11 is 6.52. The summed E-state index contributed by atoms with van der Waals surface area (Å²) in [6.45, 7) is 0. The van der Waals surface area contributed by atoms with Gasteiger partial charge in [-0.15, -0.1) is 0 Å². The van der Waals surface area contributed by atoms with Crippen molar-refractivity contribution in [2.75, 3.05) is 10.6 Å². The van der Waals surface area contributed by atoms with Crippen molar-refractivity contribution >= 4 is 39.6 Å². The number of benzene rings is 1. The van der Waals surface area contributed by atoms with Crippen molar-refractivity contribution in [3.05, 3.63) is 94.7 Å². The van der Waals surface area contributed by atoms with E-state index in [0.717, 1.165) is 12.3 Å². The molecule has 0 radical (unpaired) electrons. The lowest BCUT2D eigenvalue weighted by molar-refractivity contribution is 0.480. The van der Waals surface area contributed by atoms with Crippen LogP contribution in [0.15, 0.2) is 60.8 Å². The summed E-state index contributed by atoms with van der Waals surface area (Å²) in [6, 6.07) is 8.67. The van der Waals surface area contributed by atoms with Crippen LogP contribution in [0.5, 0.6) is 0 Å². The van der Waals surface area contributed by atoms with Gasteiger partial charge >= 0.3 is 0 Å². The van der Waals surface area contributed by atoms with Crippen LogP contribution in [0.1, 0.15) is 17.2 Å². The molecule has 4 heterocycles. The largest absolute Gasteiger partial charge is 0.373 e. The van der Waals surface area contributed by atoms with Crippen molar-refractivity contribution in [2.45, 2.75) is 6.04 Å². The molecule has 1 aromatic carbocycles. The van der Waals surface area contributed by atoms with Crippen molar-refractivity contribution in [1.82, 2.24) is 31.3 Å². The number of hydrogen-bond donors (Lipinski definition) is 5. The summed E-state index contributed by atoms with van der Waals surface area (Å²) in [4.78, 5) is 11.4. The molecule has 1 aliphatic heterocycles. The Morgan fingerprint density at radius 3 is 2.61 bits per heavy atom. The average molecular weight is 510 g/mol. The molecule has 36 heavy (non-hydrogen) atoms. The number of nitrogens with one attached hydrogen (secondary N) is 5. The van der Waals surface area contributed by atoms with E-state index in [9.17, 15) is 18.4 Å². The molecular formula is C23H15ClF3N9. The number of aromatic nitrogens is 3. The van der Waals surface area contributed by atoms with E-state index >= 15 is 0 Å². The summed E-state index contributed by atoms with van der Waals surface area (Å²) in [7, 11) is 0. The number of hydrogen-bond acceptors (Lipinski definition) is 9. The first-order valence-corrected chi connectivity index (χ1v) is 10.8. The van der Waals surface area contributed by atoms with E-state index in [4.69, 9.17) is 11.6 Å². The molecule has 0 spiro atoms. The molecule has 0 aliphatic carbocycles. The standard InChI is InChI=1S/C23H15ClF3N9/c24-16-5-12(33-21(18-10-32-36-35-18)14-2-1-3-29-22(14)26)4-15-19(11(7-28)8-30-20(15)16)34-13-6-17(25)23(27)31-9-13/h1-6,8-10,21,32-33,35-36H,(H,30,34)/t21-/m0/s1. The van der Waals surface area contributed by atoms with Gasteiger partial charge in [0, 0.05) is 41.3 Å². The maximum absolute atomic E-state index is 14.6. The van der Waals surface area contributed by atoms with Crippen LogP contribution in [0.25, 0.3) is 10.9 Å². The van der Waals surface area contributed by atoms with Crippen LogP contribution < -0.4 is 27.0 Å². The zero-order chi connectivity index (χ0) is 25.2. The topological polar surface area (TPSA) is 123 Å². The van der Waals surface area contributed by atoms with Crippen LogP contribution in [-0.4, -0.2) is 15.0 Å². The molecule has 5 rings (SSSR count). The number of rotatable bonds is 6. The Labute approximate surface area is 207 Å². The molecule has 4 aromatic rings. The first-order chi connectivity index (χ1) is 17.4. The number of nitrogens with zero attached hydrogens (tertiary/aromatic N) is 4. The number of nitriles is 1. The maximum Gasteiger partial charge on any atom is 0.249 e. The molecule has 180 valence electrons. The van der Waals surface area contributed by atoms with Crippen molar-refractivity contribution in [3.8, 4) is 6.07 Å². The Kier molecular flexibility index (Phi) is 6.16. The normalized spacial score (nSPS) is 13.4. The third kappa shape index (κ3) is 4.40. The number of halogens is 4. The van der Waals surface area contributed by atoms with E-state index in [1.807, 2.05) is 6.07 Å². The lowest BCUT2D eigenvalue weighted by Crippen LogP contribution is -2.34. The fourth-order valence-corrected chi connectivity index (χ4v) is 3.98. The number of pyridine rings is 3. The highest BCUT2D eigenvalue weighted by Gasteiger charge is 2.24. The quantitative estimate of drug-likeness (QED) is 0.242. The first-order valence-electron chi connectivity index (χ1n) is 10.4. The average Bonchev–Trinajstić information content (AvgIpc) is 3.40. The fourth-order valence-electron chi connectivity index (χ4n) is 3.71. The molecule has 0 bridgehead atoms. The van der Waals surface area contributed by atoms with Crippen molar-refractivity contribution in [2.24, 2.45) is 0 Å². The second-order valence-electron chi connectivity index (χ2n) is 7.59. The van der Waals surface area contributed by atoms with Crippen LogP contribution in [0.4, 0.5) is 30.2 Å². The summed E-state index contributed by atoms with van der Waals surface area (Å²) in [5, 5.41) is 16.4. The van der Waals surface area contributed by atoms with Crippen molar-refractivity contribution in [3.63, 3.8) is 0 Å². The monoisotopic (exact) mass is 509 g/mol. The third-order valence-electron chi connectivity index (χ3n) is 5.34. The number of hydrazine groups is 2. The minimum atomic E-state index is -1.25. The van der Waals surface area contributed by atoms with Gasteiger partial charge in [-0.05, 0) is 18.2 Å². The second-order valence-corrected chi connectivity index (χ2v) is 8.00. The maximum atomic E-state index is 14.6. The van der Waals surface area contributed by atoms with Crippen molar-refractivity contribution in [1.29, 1.82) is 5.26 Å². The highest BCUT2D eigenvalue weighted by Crippen LogP contribution is 2.36. The number of fused-ring (bicyclic) bond motifs is 1. The van der Waals surface area contributed by atoms with Gasteiger partial charge < -0.3 is 21.5 Å².